The minimum atomic E-state index is 0.474. The van der Waals surface area contributed by atoms with E-state index in [9.17, 15) is 4.79 Å². The zero-order valence-corrected chi connectivity index (χ0v) is 9.24. The lowest BCUT2D eigenvalue weighted by Gasteiger charge is -2.33. The lowest BCUT2D eigenvalue weighted by atomic mass is 10.0. The van der Waals surface area contributed by atoms with Crippen LogP contribution in [0.25, 0.3) is 0 Å². The Kier molecular flexibility index (Phi) is 3.43. The van der Waals surface area contributed by atoms with Crippen molar-refractivity contribution in [3.63, 3.8) is 0 Å². The maximum atomic E-state index is 11.4. The first-order valence-corrected chi connectivity index (χ1v) is 6.02. The molecule has 0 aliphatic carbocycles. The van der Waals surface area contributed by atoms with Crippen LogP contribution < -0.4 is 0 Å². The highest BCUT2D eigenvalue weighted by Crippen LogP contribution is 2.33. The van der Waals surface area contributed by atoms with E-state index in [1.807, 2.05) is 0 Å². The van der Waals surface area contributed by atoms with Crippen molar-refractivity contribution in [2.75, 3.05) is 6.54 Å². The summed E-state index contributed by atoms with van der Waals surface area (Å²) in [6.07, 6.45) is 12.5. The predicted molar refractivity (Wildman–Crippen MR) is 60.4 cm³/mol. The summed E-state index contributed by atoms with van der Waals surface area (Å²) in [4.78, 5) is 13.9. The number of rotatable bonds is 4. The lowest BCUT2D eigenvalue weighted by Crippen LogP contribution is -2.43. The molecule has 0 aromatic heterocycles. The molecule has 15 heavy (non-hydrogen) atoms. The average Bonchev–Trinajstić information content (AvgIpc) is 2.46. The molecule has 2 heterocycles. The number of ketones is 1. The summed E-state index contributed by atoms with van der Waals surface area (Å²) in [5.74, 6) is 3.15. The minimum Gasteiger partial charge on any atom is -0.300 e. The molecule has 2 fully saturated rings. The molecule has 2 nitrogen and oxygen atoms in total. The standard InChI is InChI=1S/C13H19NO/c1-2-3-4-5-8-14-11-6-7-12(14)10-13(15)9-11/h1,11-12H,3-10H2. The van der Waals surface area contributed by atoms with Gasteiger partial charge in [-0.25, -0.2) is 0 Å². The molecule has 0 saturated carbocycles. The van der Waals surface area contributed by atoms with Gasteiger partial charge in [-0.1, -0.05) is 0 Å². The molecule has 82 valence electrons. The van der Waals surface area contributed by atoms with E-state index in [1.165, 1.54) is 19.3 Å². The fourth-order valence-electron chi connectivity index (χ4n) is 2.95. The third-order valence-electron chi connectivity index (χ3n) is 3.69. The van der Waals surface area contributed by atoms with E-state index >= 15 is 0 Å². The van der Waals surface area contributed by atoms with E-state index in [2.05, 4.69) is 10.8 Å². The highest BCUT2D eigenvalue weighted by molar-refractivity contribution is 5.80. The number of carbonyl (C=O) groups is 1. The van der Waals surface area contributed by atoms with Gasteiger partial charge in [-0.15, -0.1) is 12.3 Å². The molecule has 2 heteroatoms. The minimum absolute atomic E-state index is 0.474. The van der Waals surface area contributed by atoms with Crippen LogP contribution in [-0.4, -0.2) is 29.3 Å². The first-order valence-electron chi connectivity index (χ1n) is 6.02. The molecule has 2 aliphatic heterocycles. The van der Waals surface area contributed by atoms with Gasteiger partial charge in [-0.3, -0.25) is 9.69 Å². The Balaban J connectivity index is 1.79. The number of hydrogen-bond acceptors (Lipinski definition) is 2. The number of piperidine rings is 1. The second kappa shape index (κ2) is 4.81. The highest BCUT2D eigenvalue weighted by atomic mass is 16.1. The maximum absolute atomic E-state index is 11.4. The molecule has 2 atom stereocenters. The first-order chi connectivity index (χ1) is 7.31. The van der Waals surface area contributed by atoms with Crippen molar-refractivity contribution in [2.45, 2.75) is 57.0 Å². The van der Waals surface area contributed by atoms with Crippen LogP contribution in [0, 0.1) is 12.3 Å². The number of terminal acetylenes is 1. The molecule has 0 N–H and O–H groups in total. The van der Waals surface area contributed by atoms with Gasteiger partial charge in [0, 0.05) is 31.3 Å². The summed E-state index contributed by atoms with van der Waals surface area (Å²) < 4.78 is 0. The summed E-state index contributed by atoms with van der Waals surface area (Å²) in [5, 5.41) is 0. The summed E-state index contributed by atoms with van der Waals surface area (Å²) >= 11 is 0. The monoisotopic (exact) mass is 205 g/mol. The third-order valence-corrected chi connectivity index (χ3v) is 3.69. The molecular weight excluding hydrogens is 186 g/mol. The Hall–Kier alpha value is -0.810. The molecule has 2 bridgehead atoms. The second-order valence-electron chi connectivity index (χ2n) is 4.73. The fourth-order valence-corrected chi connectivity index (χ4v) is 2.95. The van der Waals surface area contributed by atoms with Gasteiger partial charge in [-0.2, -0.15) is 0 Å². The van der Waals surface area contributed by atoms with Crippen LogP contribution in [0.4, 0.5) is 0 Å². The van der Waals surface area contributed by atoms with Crippen LogP contribution in [0.5, 0.6) is 0 Å². The Morgan fingerprint density at radius 3 is 2.53 bits per heavy atom. The van der Waals surface area contributed by atoms with E-state index in [4.69, 9.17) is 6.42 Å². The maximum Gasteiger partial charge on any atom is 0.136 e. The van der Waals surface area contributed by atoms with E-state index in [0.717, 1.165) is 32.2 Å². The van der Waals surface area contributed by atoms with Crippen LogP contribution in [0.2, 0.25) is 0 Å². The quantitative estimate of drug-likeness (QED) is 0.517. The molecule has 2 rings (SSSR count). The first kappa shape index (κ1) is 10.7. The number of fused-ring (bicyclic) bond motifs is 2. The number of hydrogen-bond donors (Lipinski definition) is 0. The number of carbonyl (C=O) groups excluding carboxylic acids is 1. The van der Waals surface area contributed by atoms with Crippen molar-refractivity contribution >= 4 is 5.78 Å². The van der Waals surface area contributed by atoms with Gasteiger partial charge < -0.3 is 0 Å². The molecular formula is C13H19NO. The van der Waals surface area contributed by atoms with Gasteiger partial charge in [0.15, 0.2) is 0 Å². The van der Waals surface area contributed by atoms with E-state index in [1.54, 1.807) is 0 Å². The fraction of sp³-hybridized carbons (Fsp3) is 0.769. The summed E-state index contributed by atoms with van der Waals surface area (Å²) in [5.41, 5.74) is 0. The summed E-state index contributed by atoms with van der Waals surface area (Å²) in [6.45, 7) is 1.14. The van der Waals surface area contributed by atoms with Crippen LogP contribution in [0.15, 0.2) is 0 Å². The molecule has 2 saturated heterocycles. The topological polar surface area (TPSA) is 20.3 Å². The van der Waals surface area contributed by atoms with Gasteiger partial charge in [0.05, 0.1) is 0 Å². The molecule has 0 aromatic rings. The Morgan fingerprint density at radius 2 is 1.93 bits per heavy atom. The Bertz CT molecular complexity index is 263. The van der Waals surface area contributed by atoms with Crippen LogP contribution in [-0.2, 0) is 4.79 Å². The zero-order chi connectivity index (χ0) is 10.7. The Labute approximate surface area is 92.0 Å². The number of unbranched alkanes of at least 4 members (excludes halogenated alkanes) is 2. The van der Waals surface area contributed by atoms with Gasteiger partial charge in [0.1, 0.15) is 5.78 Å². The van der Waals surface area contributed by atoms with Gasteiger partial charge in [-0.05, 0) is 32.2 Å². The largest absolute Gasteiger partial charge is 0.300 e. The summed E-state index contributed by atoms with van der Waals surface area (Å²) in [6, 6.07) is 1.11. The van der Waals surface area contributed by atoms with E-state index < -0.39 is 0 Å². The van der Waals surface area contributed by atoms with Crippen LogP contribution in [0.1, 0.15) is 44.9 Å². The molecule has 0 radical (unpaired) electrons. The molecule has 0 amide bonds. The zero-order valence-electron chi connectivity index (χ0n) is 9.24. The average molecular weight is 205 g/mol. The Morgan fingerprint density at radius 1 is 1.27 bits per heavy atom. The third kappa shape index (κ3) is 2.41. The van der Waals surface area contributed by atoms with E-state index in [0.29, 0.717) is 17.9 Å². The SMILES string of the molecule is C#CCCCCN1C2CCC1CC(=O)C2. The van der Waals surface area contributed by atoms with Crippen molar-refractivity contribution in [2.24, 2.45) is 0 Å². The van der Waals surface area contributed by atoms with Crippen molar-refractivity contribution in [1.29, 1.82) is 0 Å². The smallest absolute Gasteiger partial charge is 0.136 e. The predicted octanol–water partition coefficient (Wildman–Crippen LogP) is 1.99. The molecule has 0 spiro atoms. The molecule has 2 unspecified atom stereocenters. The number of Topliss-reactive ketones (excluding diaryl/α,β-unsaturated/α-hetero) is 1. The van der Waals surface area contributed by atoms with Gasteiger partial charge in [0.2, 0.25) is 0 Å². The van der Waals surface area contributed by atoms with Crippen molar-refractivity contribution < 1.29 is 4.79 Å². The van der Waals surface area contributed by atoms with Crippen molar-refractivity contribution in [3.05, 3.63) is 0 Å². The van der Waals surface area contributed by atoms with Crippen molar-refractivity contribution in [1.82, 2.24) is 4.90 Å². The lowest BCUT2D eigenvalue weighted by molar-refractivity contribution is -0.123. The van der Waals surface area contributed by atoms with E-state index in [-0.39, 0.29) is 0 Å². The van der Waals surface area contributed by atoms with Gasteiger partial charge >= 0.3 is 0 Å². The van der Waals surface area contributed by atoms with Crippen LogP contribution in [0.3, 0.4) is 0 Å². The molecule has 0 aromatic carbocycles. The van der Waals surface area contributed by atoms with Crippen LogP contribution >= 0.6 is 0 Å². The van der Waals surface area contributed by atoms with Gasteiger partial charge in [0.25, 0.3) is 0 Å². The highest BCUT2D eigenvalue weighted by Gasteiger charge is 2.39. The normalized spacial score (nSPS) is 30.5. The molecule has 2 aliphatic rings. The van der Waals surface area contributed by atoms with Crippen molar-refractivity contribution in [3.8, 4) is 12.3 Å². The number of nitrogens with zero attached hydrogens (tertiary/aromatic N) is 1. The second-order valence-corrected chi connectivity index (χ2v) is 4.73. The summed E-state index contributed by atoms with van der Waals surface area (Å²) in [7, 11) is 0.